The van der Waals surface area contributed by atoms with Crippen molar-refractivity contribution >= 4 is 0 Å². The molecule has 1 aromatic carbocycles. The summed E-state index contributed by atoms with van der Waals surface area (Å²) >= 11 is 0. The molecule has 0 radical (unpaired) electrons. The van der Waals surface area contributed by atoms with Crippen LogP contribution in [0.4, 0.5) is 0 Å². The van der Waals surface area contributed by atoms with E-state index >= 15 is 0 Å². The third kappa shape index (κ3) is 23.3. The normalized spacial score (nSPS) is 15.3. The number of hydrogen-bond acceptors (Lipinski definition) is 5. The number of nitrogens with zero attached hydrogens (tertiary/aromatic N) is 4. The molecule has 0 N–H and O–H groups in total. The van der Waals surface area contributed by atoms with Gasteiger partial charge in [0.1, 0.15) is 0 Å². The fourth-order valence-electron chi connectivity index (χ4n) is 5.54. The molecule has 1 saturated heterocycles. The van der Waals surface area contributed by atoms with Gasteiger partial charge in [0.15, 0.2) is 0 Å². The lowest BCUT2D eigenvalue weighted by Crippen LogP contribution is -2.33. The van der Waals surface area contributed by atoms with Gasteiger partial charge >= 0.3 is 0 Å². The van der Waals surface area contributed by atoms with E-state index in [-0.39, 0.29) is 21.8 Å². The first-order valence-electron chi connectivity index (χ1n) is 21.6. The van der Waals surface area contributed by atoms with Crippen molar-refractivity contribution in [1.82, 2.24) is 19.9 Å². The number of aromatic nitrogens is 3. The molecule has 326 valence electrons. The molecule has 1 unspecified atom stereocenters. The molecule has 0 saturated carbocycles. The molecule has 2 aliphatic rings. The first-order chi connectivity index (χ1) is 27.1. The molecule has 0 amide bonds. The van der Waals surface area contributed by atoms with Crippen molar-refractivity contribution in [2.75, 3.05) is 13.2 Å². The second-order valence-corrected chi connectivity index (χ2v) is 21.6. The summed E-state index contributed by atoms with van der Waals surface area (Å²) < 4.78 is 5.28. The summed E-state index contributed by atoms with van der Waals surface area (Å²) in [5, 5.41) is 0. The van der Waals surface area contributed by atoms with Crippen LogP contribution in [0.1, 0.15) is 160 Å². The molecule has 1 fully saturated rings. The Hall–Kier alpha value is -4.09. The maximum absolute atomic E-state index is 5.28. The second-order valence-electron chi connectivity index (χ2n) is 21.6. The maximum atomic E-state index is 5.28. The van der Waals surface area contributed by atoms with E-state index in [9.17, 15) is 0 Å². The first-order valence-corrected chi connectivity index (χ1v) is 21.6. The van der Waals surface area contributed by atoms with Gasteiger partial charge in [-0.1, -0.05) is 158 Å². The van der Waals surface area contributed by atoms with Gasteiger partial charge in [-0.2, -0.15) is 0 Å². The molecule has 5 heterocycles. The predicted octanol–water partition coefficient (Wildman–Crippen LogP) is 14.7. The lowest BCUT2D eigenvalue weighted by atomic mass is 9.80. The quantitative estimate of drug-likeness (QED) is 0.177. The molecule has 6 rings (SSSR count). The Bertz CT molecular complexity index is 1490. The number of allylic oxidation sites excluding steroid dienone is 2. The average molecular weight is 805 g/mol. The van der Waals surface area contributed by atoms with E-state index < -0.39 is 0 Å². The van der Waals surface area contributed by atoms with Gasteiger partial charge in [0.25, 0.3) is 0 Å². The summed E-state index contributed by atoms with van der Waals surface area (Å²) in [6.07, 6.45) is 20.2. The highest BCUT2D eigenvalue weighted by Gasteiger charge is 2.27. The number of ether oxygens (including phenoxy) is 1. The Kier molecular flexibility index (Phi) is 21.7. The summed E-state index contributed by atoms with van der Waals surface area (Å²) in [6, 6.07) is 24.8. The van der Waals surface area contributed by atoms with Crippen molar-refractivity contribution in [2.45, 2.75) is 165 Å². The number of benzene rings is 1. The lowest BCUT2D eigenvalue weighted by Gasteiger charge is -2.32. The molecule has 1 atom stereocenters. The van der Waals surface area contributed by atoms with Crippen LogP contribution < -0.4 is 0 Å². The highest BCUT2D eigenvalue weighted by molar-refractivity contribution is 5.22. The number of hydrogen-bond donors (Lipinski definition) is 0. The van der Waals surface area contributed by atoms with Gasteiger partial charge in [-0.3, -0.25) is 15.0 Å². The number of rotatable bonds is 0. The van der Waals surface area contributed by atoms with Crippen LogP contribution in [0.15, 0.2) is 128 Å². The van der Waals surface area contributed by atoms with Crippen LogP contribution in [0.2, 0.25) is 0 Å². The minimum absolute atomic E-state index is 0.182. The van der Waals surface area contributed by atoms with E-state index in [1.54, 1.807) is 6.20 Å². The van der Waals surface area contributed by atoms with E-state index in [4.69, 9.17) is 4.74 Å². The molecule has 2 aliphatic heterocycles. The molecular weight excluding hydrogens is 721 g/mol. The Balaban J connectivity index is 0.000000354. The zero-order valence-electron chi connectivity index (χ0n) is 40.7. The van der Waals surface area contributed by atoms with Crippen molar-refractivity contribution in [3.63, 3.8) is 0 Å². The predicted molar refractivity (Wildman–Crippen MR) is 257 cm³/mol. The van der Waals surface area contributed by atoms with Gasteiger partial charge in [0.2, 0.25) is 0 Å². The zero-order valence-corrected chi connectivity index (χ0v) is 40.7. The van der Waals surface area contributed by atoms with Gasteiger partial charge in [-0.05, 0) is 108 Å². The fourth-order valence-corrected chi connectivity index (χ4v) is 5.54. The van der Waals surface area contributed by atoms with Crippen molar-refractivity contribution in [1.29, 1.82) is 0 Å². The van der Waals surface area contributed by atoms with Crippen molar-refractivity contribution in [3.8, 4) is 0 Å². The third-order valence-corrected chi connectivity index (χ3v) is 9.88. The fraction of sp³-hybridized carbons (Fsp3) is 0.537. The van der Waals surface area contributed by atoms with Crippen molar-refractivity contribution in [3.05, 3.63) is 151 Å². The van der Waals surface area contributed by atoms with Crippen molar-refractivity contribution in [2.24, 2.45) is 11.3 Å². The molecule has 0 bridgehead atoms. The summed E-state index contributed by atoms with van der Waals surface area (Å²) in [7, 11) is 0. The monoisotopic (exact) mass is 805 g/mol. The maximum Gasteiger partial charge on any atom is 0.0500 e. The van der Waals surface area contributed by atoms with Crippen LogP contribution >= 0.6 is 0 Å². The van der Waals surface area contributed by atoms with Gasteiger partial charge in [-0.15, -0.1) is 0 Å². The molecule has 4 aromatic rings. The Labute approximate surface area is 363 Å². The van der Waals surface area contributed by atoms with Gasteiger partial charge < -0.3 is 9.64 Å². The van der Waals surface area contributed by atoms with Crippen LogP contribution in [-0.2, 0) is 26.4 Å². The van der Waals surface area contributed by atoms with E-state index in [2.05, 4.69) is 224 Å². The molecule has 59 heavy (non-hydrogen) atoms. The lowest BCUT2D eigenvalue weighted by molar-refractivity contribution is 0.152. The Morgan fingerprint density at radius 1 is 0.508 bits per heavy atom. The van der Waals surface area contributed by atoms with E-state index in [1.807, 2.05) is 43.0 Å². The summed E-state index contributed by atoms with van der Waals surface area (Å²) in [4.78, 5) is 14.5. The molecule has 0 spiro atoms. The Morgan fingerprint density at radius 3 is 1.31 bits per heavy atom. The molecule has 3 aromatic heterocycles. The van der Waals surface area contributed by atoms with Crippen LogP contribution in [0.5, 0.6) is 0 Å². The highest BCUT2D eigenvalue weighted by atomic mass is 16.5. The molecular formula is C54H84N4O. The largest absolute Gasteiger partial charge is 0.381 e. The Morgan fingerprint density at radius 2 is 1.02 bits per heavy atom. The minimum Gasteiger partial charge on any atom is -0.381 e. The molecule has 5 nitrogen and oxygen atoms in total. The van der Waals surface area contributed by atoms with E-state index in [1.165, 1.54) is 23.1 Å². The van der Waals surface area contributed by atoms with Gasteiger partial charge in [0.05, 0.1) is 0 Å². The van der Waals surface area contributed by atoms with Crippen LogP contribution in [0, 0.1) is 11.3 Å². The average Bonchev–Trinajstić information content (AvgIpc) is 3.73. The highest BCUT2D eigenvalue weighted by Crippen LogP contribution is 2.32. The standard InChI is InChI=1S/C10H14.2C9H13N.C9H15N.C9H13N.C8H16O/c1-10(2,3)9-7-5-4-6-8-9;1-9(2,3)8-4-6-10-7-5-8;1-9(2,3)8-5-4-6-10-7-8;1-9(2,3)10-7-5-4-6-8-10;1-9(2,3)8-6-4-5-7-10-8;1-8(2,3)7-4-5-9-6-7/h4-8H,1-3H3;2*4-7H,1-3H3;5-8H,4H2,1-3H3;4-7H,1-3H3;7H,4-6H2,1-3H3. The second kappa shape index (κ2) is 24.2. The van der Waals surface area contributed by atoms with Crippen LogP contribution in [0.3, 0.4) is 0 Å². The third-order valence-electron chi connectivity index (χ3n) is 9.88. The number of pyridine rings is 3. The van der Waals surface area contributed by atoms with Crippen LogP contribution in [0.25, 0.3) is 0 Å². The smallest absolute Gasteiger partial charge is 0.0500 e. The molecule has 5 heteroatoms. The summed E-state index contributed by atoms with van der Waals surface area (Å²) in [6.45, 7) is 41.7. The van der Waals surface area contributed by atoms with Crippen molar-refractivity contribution < 1.29 is 4.74 Å². The van der Waals surface area contributed by atoms with Gasteiger partial charge in [-0.25, -0.2) is 0 Å². The summed E-state index contributed by atoms with van der Waals surface area (Å²) in [5.74, 6) is 0.789. The van der Waals surface area contributed by atoms with E-state index in [0.29, 0.717) is 10.8 Å². The first kappa shape index (κ1) is 52.9. The van der Waals surface area contributed by atoms with E-state index in [0.717, 1.165) is 31.2 Å². The molecule has 0 aliphatic carbocycles. The van der Waals surface area contributed by atoms with Gasteiger partial charge in [0, 0.05) is 73.2 Å². The zero-order chi connectivity index (χ0) is 45.0. The summed E-state index contributed by atoms with van der Waals surface area (Å²) in [5.41, 5.74) is 6.81. The topological polar surface area (TPSA) is 51.1 Å². The minimum atomic E-state index is 0.182. The SMILES string of the molecule is CC(C)(C)C1CCOC1.CC(C)(C)N1C=CCC=C1.CC(C)(C)c1ccccc1.CC(C)(C)c1ccccn1.CC(C)(C)c1cccnc1.CC(C)(C)c1ccncc1. The van der Waals surface area contributed by atoms with Crippen LogP contribution in [-0.4, -0.2) is 38.6 Å².